The Kier molecular flexibility index (Phi) is 5.79. The second-order valence-corrected chi connectivity index (χ2v) is 3.94. The number of ether oxygens (including phenoxy) is 1. The first kappa shape index (κ1) is 15.0. The molecule has 0 N–H and O–H groups in total. The van der Waals surface area contributed by atoms with Crippen molar-refractivity contribution in [3.63, 3.8) is 0 Å². The van der Waals surface area contributed by atoms with Crippen molar-refractivity contribution in [2.75, 3.05) is 18.1 Å². The molecule has 0 saturated heterocycles. The summed E-state index contributed by atoms with van der Waals surface area (Å²) in [6.45, 7) is 6.23. The van der Waals surface area contributed by atoms with Crippen LogP contribution in [0.2, 0.25) is 0 Å². The molecular weight excluding hydrogens is 242 g/mol. The summed E-state index contributed by atoms with van der Waals surface area (Å²) in [7, 11) is 0. The van der Waals surface area contributed by atoms with E-state index in [0.29, 0.717) is 13.2 Å². The highest BCUT2D eigenvalue weighted by Gasteiger charge is 2.07. The number of esters is 1. The zero-order chi connectivity index (χ0) is 14.3. The Morgan fingerprint density at radius 2 is 1.84 bits per heavy atom. The van der Waals surface area contributed by atoms with Crippen molar-refractivity contribution in [3.05, 3.63) is 35.9 Å². The summed E-state index contributed by atoms with van der Waals surface area (Å²) in [5.41, 5.74) is 1.74. The summed E-state index contributed by atoms with van der Waals surface area (Å²) in [5.74, 6) is -0.345. The molecule has 0 aliphatic heterocycles. The van der Waals surface area contributed by atoms with E-state index in [-0.39, 0.29) is 11.9 Å². The van der Waals surface area contributed by atoms with E-state index in [1.165, 1.54) is 13.0 Å². The topological polar surface area (TPSA) is 46.6 Å². The average molecular weight is 261 g/mol. The molecule has 4 heteroatoms. The lowest BCUT2D eigenvalue weighted by atomic mass is 10.2. The predicted octanol–water partition coefficient (Wildman–Crippen LogP) is 2.64. The zero-order valence-electron chi connectivity index (χ0n) is 11.6. The number of nitrogens with zero attached hydrogens (tertiary/aromatic N) is 1. The van der Waals surface area contributed by atoms with Crippen molar-refractivity contribution >= 4 is 23.6 Å². The number of hydrogen-bond acceptors (Lipinski definition) is 3. The fourth-order valence-corrected chi connectivity index (χ4v) is 1.71. The van der Waals surface area contributed by atoms with E-state index in [1.54, 1.807) is 17.9 Å². The van der Waals surface area contributed by atoms with Gasteiger partial charge in [0.05, 0.1) is 6.61 Å². The van der Waals surface area contributed by atoms with Crippen molar-refractivity contribution in [2.24, 2.45) is 0 Å². The van der Waals surface area contributed by atoms with E-state index in [2.05, 4.69) is 0 Å². The van der Waals surface area contributed by atoms with Crippen molar-refractivity contribution in [1.29, 1.82) is 0 Å². The largest absolute Gasteiger partial charge is 0.463 e. The number of carbonyl (C=O) groups excluding carboxylic acids is 2. The van der Waals surface area contributed by atoms with E-state index in [1.807, 2.05) is 31.2 Å². The Hall–Kier alpha value is -2.10. The van der Waals surface area contributed by atoms with E-state index < -0.39 is 0 Å². The molecule has 0 saturated carbocycles. The Bertz CT molecular complexity index is 463. The molecule has 0 radical (unpaired) electrons. The summed E-state index contributed by atoms with van der Waals surface area (Å²) in [4.78, 5) is 24.2. The molecule has 4 nitrogen and oxygen atoms in total. The van der Waals surface area contributed by atoms with Crippen LogP contribution in [0.4, 0.5) is 5.69 Å². The van der Waals surface area contributed by atoms with Gasteiger partial charge in [0.1, 0.15) is 0 Å². The minimum Gasteiger partial charge on any atom is -0.463 e. The van der Waals surface area contributed by atoms with Crippen LogP contribution >= 0.6 is 0 Å². The van der Waals surface area contributed by atoms with E-state index in [9.17, 15) is 9.59 Å². The maximum Gasteiger partial charge on any atom is 0.330 e. The van der Waals surface area contributed by atoms with Crippen LogP contribution in [0.3, 0.4) is 0 Å². The predicted molar refractivity (Wildman–Crippen MR) is 75.8 cm³/mol. The van der Waals surface area contributed by atoms with Crippen LogP contribution in [0.25, 0.3) is 6.08 Å². The van der Waals surface area contributed by atoms with Gasteiger partial charge in [0.2, 0.25) is 5.91 Å². The monoisotopic (exact) mass is 261 g/mol. The van der Waals surface area contributed by atoms with Gasteiger partial charge in [0, 0.05) is 25.2 Å². The first-order valence-electron chi connectivity index (χ1n) is 6.31. The third-order valence-corrected chi connectivity index (χ3v) is 2.60. The fourth-order valence-electron chi connectivity index (χ4n) is 1.71. The number of hydrogen-bond donors (Lipinski definition) is 0. The Morgan fingerprint density at radius 3 is 2.32 bits per heavy atom. The maximum absolute atomic E-state index is 11.4. The van der Waals surface area contributed by atoms with Crippen LogP contribution < -0.4 is 4.90 Å². The SMILES string of the molecule is CCOC(=O)C=Cc1ccc(N(CC)C(C)=O)cc1. The van der Waals surface area contributed by atoms with Crippen LogP contribution in [-0.2, 0) is 14.3 Å². The molecule has 0 aliphatic carbocycles. The highest BCUT2D eigenvalue weighted by molar-refractivity contribution is 5.91. The molecule has 0 fully saturated rings. The average Bonchev–Trinajstić information content (AvgIpc) is 2.38. The first-order chi connectivity index (χ1) is 9.08. The first-order valence-corrected chi connectivity index (χ1v) is 6.31. The third-order valence-electron chi connectivity index (χ3n) is 2.60. The number of benzene rings is 1. The van der Waals surface area contributed by atoms with Crippen LogP contribution in [0.5, 0.6) is 0 Å². The highest BCUT2D eigenvalue weighted by atomic mass is 16.5. The molecule has 0 aromatic heterocycles. The molecule has 19 heavy (non-hydrogen) atoms. The third kappa shape index (κ3) is 4.58. The van der Waals surface area contributed by atoms with E-state index in [0.717, 1.165) is 11.3 Å². The van der Waals surface area contributed by atoms with Gasteiger partial charge in [-0.25, -0.2) is 4.79 Å². The molecule has 0 bridgehead atoms. The lowest BCUT2D eigenvalue weighted by molar-refractivity contribution is -0.137. The molecule has 0 spiro atoms. The minimum atomic E-state index is -0.356. The van der Waals surface area contributed by atoms with E-state index >= 15 is 0 Å². The number of carbonyl (C=O) groups is 2. The molecule has 1 rings (SSSR count). The van der Waals surface area contributed by atoms with Gasteiger partial charge in [0.15, 0.2) is 0 Å². The van der Waals surface area contributed by atoms with Gasteiger partial charge < -0.3 is 9.64 Å². The smallest absolute Gasteiger partial charge is 0.330 e. The van der Waals surface area contributed by atoms with Crippen molar-refractivity contribution in [3.8, 4) is 0 Å². The number of amides is 1. The summed E-state index contributed by atoms with van der Waals surface area (Å²) in [5, 5.41) is 0. The molecule has 0 heterocycles. The number of anilines is 1. The second-order valence-electron chi connectivity index (χ2n) is 3.94. The summed E-state index contributed by atoms with van der Waals surface area (Å²) < 4.78 is 4.80. The van der Waals surface area contributed by atoms with Gasteiger partial charge in [0.25, 0.3) is 0 Å². The molecule has 0 atom stereocenters. The lowest BCUT2D eigenvalue weighted by Crippen LogP contribution is -2.27. The molecule has 0 unspecified atom stereocenters. The quantitative estimate of drug-likeness (QED) is 0.604. The molecule has 0 aliphatic rings. The van der Waals surface area contributed by atoms with Crippen molar-refractivity contribution in [2.45, 2.75) is 20.8 Å². The summed E-state index contributed by atoms with van der Waals surface area (Å²) in [6.07, 6.45) is 3.08. The van der Waals surface area contributed by atoms with Gasteiger partial charge >= 0.3 is 5.97 Å². The molecule has 102 valence electrons. The van der Waals surface area contributed by atoms with Crippen molar-refractivity contribution in [1.82, 2.24) is 0 Å². The highest BCUT2D eigenvalue weighted by Crippen LogP contribution is 2.16. The van der Waals surface area contributed by atoms with Gasteiger partial charge in [-0.1, -0.05) is 12.1 Å². The Balaban J connectivity index is 2.76. The maximum atomic E-state index is 11.4. The molecular formula is C15H19NO3. The van der Waals surface area contributed by atoms with Gasteiger partial charge in [-0.15, -0.1) is 0 Å². The van der Waals surface area contributed by atoms with Gasteiger partial charge in [-0.05, 0) is 37.6 Å². The summed E-state index contributed by atoms with van der Waals surface area (Å²) >= 11 is 0. The van der Waals surface area contributed by atoms with Gasteiger partial charge in [-0.2, -0.15) is 0 Å². The summed E-state index contributed by atoms with van der Waals surface area (Å²) in [6, 6.07) is 7.43. The van der Waals surface area contributed by atoms with Crippen LogP contribution in [0, 0.1) is 0 Å². The van der Waals surface area contributed by atoms with Crippen LogP contribution in [0.1, 0.15) is 26.3 Å². The lowest BCUT2D eigenvalue weighted by Gasteiger charge is -2.18. The standard InChI is InChI=1S/C15H19NO3/c1-4-16(12(3)17)14-9-6-13(7-10-14)8-11-15(18)19-5-2/h6-11H,4-5H2,1-3H3. The number of rotatable bonds is 5. The van der Waals surface area contributed by atoms with Crippen molar-refractivity contribution < 1.29 is 14.3 Å². The Labute approximate surface area is 113 Å². The molecule has 1 aromatic rings. The molecule has 1 aromatic carbocycles. The molecule has 1 amide bonds. The van der Waals surface area contributed by atoms with Gasteiger partial charge in [-0.3, -0.25) is 4.79 Å². The van der Waals surface area contributed by atoms with Crippen LogP contribution in [0.15, 0.2) is 30.3 Å². The fraction of sp³-hybridized carbons (Fsp3) is 0.333. The second kappa shape index (κ2) is 7.36. The zero-order valence-corrected chi connectivity index (χ0v) is 11.6. The minimum absolute atomic E-state index is 0.0114. The Morgan fingerprint density at radius 1 is 1.21 bits per heavy atom. The normalized spacial score (nSPS) is 10.5. The van der Waals surface area contributed by atoms with Crippen LogP contribution in [-0.4, -0.2) is 25.0 Å². The van der Waals surface area contributed by atoms with E-state index in [4.69, 9.17) is 4.74 Å².